The second-order valence-electron chi connectivity index (χ2n) is 24.0. The molecule has 0 N–H and O–H groups in total. The Morgan fingerprint density at radius 1 is 0.170 bits per heavy atom. The Kier molecular flexibility index (Phi) is 12.1. The average molecular weight is 1200 g/mol. The van der Waals surface area contributed by atoms with E-state index in [1.165, 1.54) is 0 Å². The fraction of sp³-hybridized carbons (Fsp3) is 0. The van der Waals surface area contributed by atoms with E-state index >= 15 is 0 Å². The molecule has 438 valence electrons. The normalized spacial score (nSPS) is 11.8. The molecule has 0 fully saturated rings. The number of rotatable bonds is 10. The van der Waals surface area contributed by atoms with Gasteiger partial charge in [0, 0.05) is 65.3 Å². The van der Waals surface area contributed by atoms with E-state index in [-0.39, 0.29) is 0 Å². The second-order valence-corrected chi connectivity index (χ2v) is 24.0. The fourth-order valence-corrected chi connectivity index (χ4v) is 14.8. The number of para-hydroxylation sites is 8. The highest BCUT2D eigenvalue weighted by molar-refractivity contribution is 6.18. The van der Waals surface area contributed by atoms with Gasteiger partial charge < -0.3 is 18.3 Å². The molecule has 94 heavy (non-hydrogen) atoms. The molecule has 0 bridgehead atoms. The van der Waals surface area contributed by atoms with E-state index < -0.39 is 0 Å². The number of aromatic nitrogens is 8. The Morgan fingerprint density at radius 3 is 0.511 bits per heavy atom. The Hall–Kier alpha value is -12.8. The third-order valence-corrected chi connectivity index (χ3v) is 18.8. The molecule has 0 radical (unpaired) electrons. The van der Waals surface area contributed by atoms with E-state index in [1.807, 2.05) is 0 Å². The van der Waals surface area contributed by atoms with E-state index in [0.717, 1.165) is 166 Å². The van der Waals surface area contributed by atoms with E-state index in [4.69, 9.17) is 19.9 Å². The van der Waals surface area contributed by atoms with Crippen LogP contribution in [-0.4, -0.2) is 38.2 Å². The molecule has 0 aliphatic rings. The molecule has 19 aromatic rings. The lowest BCUT2D eigenvalue weighted by Crippen LogP contribution is -2.17. The molecule has 0 saturated carbocycles. The van der Waals surface area contributed by atoms with E-state index in [1.54, 1.807) is 0 Å². The lowest BCUT2D eigenvalue weighted by atomic mass is 9.95. The zero-order valence-electron chi connectivity index (χ0n) is 50.8. The summed E-state index contributed by atoms with van der Waals surface area (Å²) >= 11 is 0. The molecular formula is C86H54N8. The first-order chi connectivity index (χ1) is 46.7. The van der Waals surface area contributed by atoms with E-state index in [0.29, 0.717) is 11.6 Å². The van der Waals surface area contributed by atoms with Crippen molar-refractivity contribution < 1.29 is 0 Å². The third-order valence-electron chi connectivity index (χ3n) is 18.8. The summed E-state index contributed by atoms with van der Waals surface area (Å²) in [7, 11) is 0. The van der Waals surface area contributed by atoms with Crippen molar-refractivity contribution in [2.24, 2.45) is 0 Å². The summed E-state index contributed by atoms with van der Waals surface area (Å²) in [6, 6.07) is 117. The fourth-order valence-electron chi connectivity index (χ4n) is 14.8. The SMILES string of the molecule is c1ccc(-c2cc(-c3ccccc3)nc(-c3c(-n4c5ccccc5c5ccccc54)c(-n4c5ccccc5c5ccccc54)c(-c4nc(-c5ccccc5)cc(-c5ccccc5)n4)c(-n4c5ccccc5c5ccccc54)c3-n3c4ccccc4c4ccccc43)n2)cc1. The van der Waals surface area contributed by atoms with Crippen molar-refractivity contribution in [3.05, 3.63) is 328 Å². The molecule has 0 spiro atoms. The van der Waals surface area contributed by atoms with Gasteiger partial charge in [0.1, 0.15) is 0 Å². The lowest BCUT2D eigenvalue weighted by molar-refractivity contribution is 1.03. The first-order valence-electron chi connectivity index (χ1n) is 31.9. The first-order valence-corrected chi connectivity index (χ1v) is 31.9. The van der Waals surface area contributed by atoms with Gasteiger partial charge in [-0.05, 0) is 60.7 Å². The van der Waals surface area contributed by atoms with Gasteiger partial charge in [-0.25, -0.2) is 19.9 Å². The average Bonchev–Trinajstić information content (AvgIpc) is 1.40. The number of hydrogen-bond acceptors (Lipinski definition) is 4. The predicted octanol–water partition coefficient (Wildman–Crippen LogP) is 21.7. The maximum atomic E-state index is 6.08. The predicted molar refractivity (Wildman–Crippen MR) is 388 cm³/mol. The highest BCUT2D eigenvalue weighted by Crippen LogP contribution is 2.54. The quantitative estimate of drug-likeness (QED) is 0.137. The minimum Gasteiger partial charge on any atom is -0.306 e. The van der Waals surface area contributed by atoms with Crippen LogP contribution < -0.4 is 0 Å². The first kappa shape index (κ1) is 53.1. The Morgan fingerprint density at radius 2 is 0.330 bits per heavy atom. The van der Waals surface area contributed by atoms with Crippen LogP contribution in [0.25, 0.3) is 178 Å². The molecule has 8 heteroatoms. The Balaban J connectivity index is 1.19. The number of hydrogen-bond donors (Lipinski definition) is 0. The van der Waals surface area contributed by atoms with Gasteiger partial charge in [0.15, 0.2) is 11.6 Å². The number of nitrogens with zero attached hydrogens (tertiary/aromatic N) is 8. The van der Waals surface area contributed by atoms with Crippen molar-refractivity contribution in [3.63, 3.8) is 0 Å². The van der Waals surface area contributed by atoms with Crippen molar-refractivity contribution in [2.45, 2.75) is 0 Å². The van der Waals surface area contributed by atoms with Crippen LogP contribution in [-0.2, 0) is 0 Å². The van der Waals surface area contributed by atoms with Gasteiger partial charge >= 0.3 is 0 Å². The molecule has 19 rings (SSSR count). The van der Waals surface area contributed by atoms with E-state index in [9.17, 15) is 0 Å². The van der Waals surface area contributed by atoms with Gasteiger partial charge in [-0.2, -0.15) is 0 Å². The van der Waals surface area contributed by atoms with Gasteiger partial charge in [-0.3, -0.25) is 0 Å². The van der Waals surface area contributed by atoms with Crippen LogP contribution in [0.1, 0.15) is 0 Å². The third kappa shape index (κ3) is 8.19. The van der Waals surface area contributed by atoms with Gasteiger partial charge in [0.05, 0.1) is 101 Å². The number of benzene rings is 13. The van der Waals surface area contributed by atoms with Crippen LogP contribution in [0.4, 0.5) is 0 Å². The van der Waals surface area contributed by atoms with Crippen molar-refractivity contribution in [2.75, 3.05) is 0 Å². The summed E-state index contributed by atoms with van der Waals surface area (Å²) in [4.78, 5) is 24.3. The van der Waals surface area contributed by atoms with Crippen LogP contribution in [0.15, 0.2) is 328 Å². The topological polar surface area (TPSA) is 71.3 Å². The summed E-state index contributed by atoms with van der Waals surface area (Å²) in [5.41, 5.74) is 19.9. The van der Waals surface area contributed by atoms with Crippen molar-refractivity contribution in [1.29, 1.82) is 0 Å². The van der Waals surface area contributed by atoms with Crippen LogP contribution >= 0.6 is 0 Å². The Labute approximate surface area is 540 Å². The summed E-state index contributed by atoms with van der Waals surface area (Å²) < 4.78 is 10.0. The minimum atomic E-state index is 0.522. The Bertz CT molecular complexity index is 5260. The second kappa shape index (κ2) is 21.4. The van der Waals surface area contributed by atoms with Crippen LogP contribution in [0.2, 0.25) is 0 Å². The summed E-state index contributed by atoms with van der Waals surface area (Å²) in [6.07, 6.45) is 0. The zero-order valence-corrected chi connectivity index (χ0v) is 50.8. The molecular weight excluding hydrogens is 1150 g/mol. The molecule has 0 aliphatic carbocycles. The van der Waals surface area contributed by atoms with Crippen molar-refractivity contribution >= 4 is 87.2 Å². The van der Waals surface area contributed by atoms with Gasteiger partial charge in [0.25, 0.3) is 0 Å². The molecule has 0 atom stereocenters. The van der Waals surface area contributed by atoms with E-state index in [2.05, 4.69) is 346 Å². The molecule has 0 unspecified atom stereocenters. The molecule has 6 aromatic heterocycles. The van der Waals surface area contributed by atoms with Crippen molar-refractivity contribution in [1.82, 2.24) is 38.2 Å². The molecule has 0 aliphatic heterocycles. The molecule has 0 saturated heterocycles. The highest BCUT2D eigenvalue weighted by Gasteiger charge is 2.38. The maximum absolute atomic E-state index is 6.08. The van der Waals surface area contributed by atoms with Crippen LogP contribution in [0, 0.1) is 0 Å². The lowest BCUT2D eigenvalue weighted by Gasteiger charge is -2.30. The highest BCUT2D eigenvalue weighted by atomic mass is 15.1. The standard InChI is InChI=1S/C86H54N8/c1-5-29-55(30-6-1)67-53-68(56-31-7-2-8-32-56)88-85(87-67)79-81(91-71-45-21-13-37-59(71)60-38-14-22-46-72(60)91)83(93-75-49-25-17-41-63(75)64-42-18-26-50-76(64)93)80(86-89-69(57-33-9-3-10-34-57)54-70(90-86)58-35-11-4-12-36-58)84(94-77-51-27-19-43-65(77)66-44-20-28-52-78(66)94)82(79)92-73-47-23-15-39-61(73)62-40-16-24-48-74(62)92/h1-54H. The summed E-state index contributed by atoms with van der Waals surface area (Å²) in [6.45, 7) is 0. The maximum Gasteiger partial charge on any atom is 0.164 e. The van der Waals surface area contributed by atoms with Crippen LogP contribution in [0.3, 0.4) is 0 Å². The largest absolute Gasteiger partial charge is 0.306 e. The van der Waals surface area contributed by atoms with Gasteiger partial charge in [0.2, 0.25) is 0 Å². The van der Waals surface area contributed by atoms with Gasteiger partial charge in [-0.1, -0.05) is 267 Å². The monoisotopic (exact) mass is 1200 g/mol. The van der Waals surface area contributed by atoms with Crippen molar-refractivity contribution in [3.8, 4) is 90.6 Å². The zero-order chi connectivity index (χ0) is 61.8. The number of fused-ring (bicyclic) bond motifs is 12. The smallest absolute Gasteiger partial charge is 0.164 e. The minimum absolute atomic E-state index is 0.522. The molecule has 13 aromatic carbocycles. The molecule has 8 nitrogen and oxygen atoms in total. The molecule has 6 heterocycles. The van der Waals surface area contributed by atoms with Gasteiger partial charge in [-0.15, -0.1) is 0 Å². The summed E-state index contributed by atoms with van der Waals surface area (Å²) in [5, 5.41) is 8.79. The van der Waals surface area contributed by atoms with Crippen LogP contribution in [0.5, 0.6) is 0 Å². The summed E-state index contributed by atoms with van der Waals surface area (Å²) in [5.74, 6) is 1.04. The molecule has 0 amide bonds.